The lowest BCUT2D eigenvalue weighted by Gasteiger charge is -2.35. The molecule has 10 nitrogen and oxygen atoms in total. The topological polar surface area (TPSA) is 106 Å². The van der Waals surface area contributed by atoms with Crippen LogP contribution in [0.4, 0.5) is 23.7 Å². The van der Waals surface area contributed by atoms with Crippen molar-refractivity contribution in [3.63, 3.8) is 0 Å². The molecule has 0 aliphatic carbocycles. The Morgan fingerprint density at radius 1 is 1.15 bits per heavy atom. The van der Waals surface area contributed by atoms with Gasteiger partial charge in [-0.1, -0.05) is 6.07 Å². The summed E-state index contributed by atoms with van der Waals surface area (Å²) >= 11 is 0. The molecule has 1 aliphatic heterocycles. The van der Waals surface area contributed by atoms with E-state index in [4.69, 9.17) is 9.15 Å². The second-order valence-electron chi connectivity index (χ2n) is 10.8. The molecule has 13 heteroatoms. The number of pyridine rings is 1. The van der Waals surface area contributed by atoms with Crippen molar-refractivity contribution in [3.05, 3.63) is 66.2 Å². The van der Waals surface area contributed by atoms with Crippen molar-refractivity contribution in [3.8, 4) is 11.5 Å². The van der Waals surface area contributed by atoms with Gasteiger partial charge in [-0.2, -0.15) is 8.78 Å². The van der Waals surface area contributed by atoms with Crippen LogP contribution < -0.4 is 4.90 Å². The number of rotatable bonds is 6. The van der Waals surface area contributed by atoms with Crippen LogP contribution in [0.25, 0.3) is 17.1 Å². The monoisotopic (exact) mass is 570 g/mol. The summed E-state index contributed by atoms with van der Waals surface area (Å²) in [6.45, 7) is 6.18. The summed E-state index contributed by atoms with van der Waals surface area (Å²) in [5.41, 5.74) is 1.15. The Balaban J connectivity index is 1.35. The van der Waals surface area contributed by atoms with E-state index in [1.54, 1.807) is 60.7 Å². The Labute approximate surface area is 233 Å². The highest BCUT2D eigenvalue weighted by Gasteiger charge is 2.33. The van der Waals surface area contributed by atoms with Crippen molar-refractivity contribution in [2.24, 2.45) is 5.92 Å². The molecular weight excluding hydrogens is 541 g/mol. The van der Waals surface area contributed by atoms with E-state index in [1.807, 2.05) is 0 Å². The number of alkyl halides is 2. The third kappa shape index (κ3) is 6.50. The molecule has 4 heterocycles. The average molecular weight is 571 g/mol. The number of hydrogen-bond donors (Lipinski definition) is 0. The zero-order valence-electron chi connectivity index (χ0n) is 22.8. The molecule has 0 saturated carbocycles. The smallest absolute Gasteiger partial charge is 0.410 e. The van der Waals surface area contributed by atoms with Crippen LogP contribution in [0.5, 0.6) is 0 Å². The number of carbonyl (C=O) groups excluding carboxylic acids is 2. The summed E-state index contributed by atoms with van der Waals surface area (Å²) in [5, 5.41) is 7.03. The van der Waals surface area contributed by atoms with E-state index in [9.17, 15) is 22.8 Å². The molecule has 3 aromatic heterocycles. The maximum Gasteiger partial charge on any atom is 0.410 e. The van der Waals surface area contributed by atoms with Gasteiger partial charge in [0.05, 0.1) is 12.2 Å². The van der Waals surface area contributed by atoms with Gasteiger partial charge >= 0.3 is 12.5 Å². The number of benzene rings is 1. The lowest BCUT2D eigenvalue weighted by atomic mass is 9.95. The van der Waals surface area contributed by atoms with E-state index in [0.717, 1.165) is 0 Å². The average Bonchev–Trinajstić information content (AvgIpc) is 3.57. The van der Waals surface area contributed by atoms with Crippen LogP contribution in [0, 0.1) is 11.7 Å². The number of carbonyl (C=O) groups is 2. The first-order valence-corrected chi connectivity index (χ1v) is 13.1. The number of halogens is 3. The molecule has 41 heavy (non-hydrogen) atoms. The van der Waals surface area contributed by atoms with Gasteiger partial charge in [-0.25, -0.2) is 14.2 Å². The zero-order chi connectivity index (χ0) is 29.3. The van der Waals surface area contributed by atoms with Gasteiger partial charge in [-0.3, -0.25) is 4.79 Å². The van der Waals surface area contributed by atoms with Crippen molar-refractivity contribution in [1.29, 1.82) is 0 Å². The lowest BCUT2D eigenvalue weighted by Crippen LogP contribution is -2.45. The molecule has 0 atom stereocenters. The van der Waals surface area contributed by atoms with Crippen molar-refractivity contribution in [1.82, 2.24) is 24.5 Å². The number of fused-ring (bicyclic) bond motifs is 1. The quantitative estimate of drug-likeness (QED) is 0.295. The molecule has 0 N–H and O–H groups in total. The molecule has 2 amide bonds. The van der Waals surface area contributed by atoms with Gasteiger partial charge in [0, 0.05) is 42.7 Å². The van der Waals surface area contributed by atoms with Gasteiger partial charge in [0.15, 0.2) is 0 Å². The van der Waals surface area contributed by atoms with E-state index < -0.39 is 29.8 Å². The lowest BCUT2D eigenvalue weighted by molar-refractivity contribution is -0.124. The number of imidazole rings is 1. The number of anilines is 1. The van der Waals surface area contributed by atoms with Gasteiger partial charge in [0.2, 0.25) is 11.8 Å². The van der Waals surface area contributed by atoms with Gasteiger partial charge in [-0.15, -0.1) is 10.2 Å². The van der Waals surface area contributed by atoms with Gasteiger partial charge in [-0.05, 0) is 63.9 Å². The fourth-order valence-electron chi connectivity index (χ4n) is 4.64. The van der Waals surface area contributed by atoms with Crippen LogP contribution >= 0.6 is 0 Å². The van der Waals surface area contributed by atoms with E-state index in [0.29, 0.717) is 48.5 Å². The summed E-state index contributed by atoms with van der Waals surface area (Å²) in [4.78, 5) is 33.9. The Hall–Kier alpha value is -4.42. The van der Waals surface area contributed by atoms with E-state index in [2.05, 4.69) is 15.2 Å². The zero-order valence-corrected chi connectivity index (χ0v) is 22.8. The molecule has 0 bridgehead atoms. The van der Waals surface area contributed by atoms with E-state index in [-0.39, 0.29) is 24.3 Å². The Morgan fingerprint density at radius 3 is 2.56 bits per heavy atom. The van der Waals surface area contributed by atoms with Crippen LogP contribution in [0.15, 0.2) is 53.2 Å². The predicted octanol–water partition coefficient (Wildman–Crippen LogP) is 5.64. The third-order valence-corrected chi connectivity index (χ3v) is 6.59. The molecule has 1 fully saturated rings. The molecule has 0 radical (unpaired) electrons. The number of ether oxygens (including phenoxy) is 1. The number of piperidine rings is 1. The minimum atomic E-state index is -2.88. The van der Waals surface area contributed by atoms with Crippen LogP contribution in [0.1, 0.15) is 51.6 Å². The number of hydrogen-bond acceptors (Lipinski definition) is 7. The second-order valence-corrected chi connectivity index (χ2v) is 10.8. The molecule has 4 aromatic rings. The number of likely N-dealkylation sites (tertiary alicyclic amines) is 1. The number of aromatic nitrogens is 4. The summed E-state index contributed by atoms with van der Waals surface area (Å²) in [6, 6.07) is 9.00. The number of amides is 2. The van der Waals surface area contributed by atoms with Crippen LogP contribution in [0.3, 0.4) is 0 Å². The first kappa shape index (κ1) is 28.1. The highest BCUT2D eigenvalue weighted by molar-refractivity contribution is 5.95. The standard InChI is InChI=1S/C28H29F3N6O4/c1-28(2,3)41-27(39)35-10-7-17(8-11-35)26(38)37(21-6-4-5-19(29)14-21)16-20-15-36-12-9-18(13-22(36)32-20)24-33-34-25(40-24)23(30)31/h4-6,9,12-15,17,23H,7-8,10-11,16H2,1-3H3. The molecule has 1 saturated heterocycles. The molecule has 0 unspecified atom stereocenters. The van der Waals surface area contributed by atoms with E-state index in [1.165, 1.54) is 23.1 Å². The Morgan fingerprint density at radius 2 is 1.90 bits per heavy atom. The van der Waals surface area contributed by atoms with Crippen molar-refractivity contribution < 1.29 is 31.9 Å². The normalized spacial score (nSPS) is 14.6. The molecular formula is C28H29F3N6O4. The maximum atomic E-state index is 14.2. The first-order chi connectivity index (χ1) is 19.5. The maximum absolute atomic E-state index is 14.2. The van der Waals surface area contributed by atoms with Crippen molar-refractivity contribution >= 4 is 23.3 Å². The minimum Gasteiger partial charge on any atom is -0.444 e. The largest absolute Gasteiger partial charge is 0.444 e. The van der Waals surface area contributed by atoms with Crippen LogP contribution in [-0.4, -0.2) is 55.2 Å². The molecule has 5 rings (SSSR count). The summed E-state index contributed by atoms with van der Waals surface area (Å²) in [6.07, 6.45) is 0.956. The van der Waals surface area contributed by atoms with Crippen molar-refractivity contribution in [2.45, 2.75) is 52.2 Å². The SMILES string of the molecule is CC(C)(C)OC(=O)N1CCC(C(=O)N(Cc2cn3ccc(-c4nnc(C(F)F)o4)cc3n2)c2cccc(F)c2)CC1. The molecule has 0 spiro atoms. The summed E-state index contributed by atoms with van der Waals surface area (Å²) in [5.74, 6) is -1.92. The Kier molecular flexibility index (Phi) is 7.70. The minimum absolute atomic E-state index is 0.0572. The fraction of sp³-hybridized carbons (Fsp3) is 0.393. The van der Waals surface area contributed by atoms with Gasteiger partial charge in [0.25, 0.3) is 5.89 Å². The van der Waals surface area contributed by atoms with Crippen LogP contribution in [0.2, 0.25) is 0 Å². The van der Waals surface area contributed by atoms with Gasteiger partial charge < -0.3 is 23.4 Å². The summed E-state index contributed by atoms with van der Waals surface area (Å²) < 4.78 is 52.1. The fourth-order valence-corrected chi connectivity index (χ4v) is 4.64. The summed E-state index contributed by atoms with van der Waals surface area (Å²) in [7, 11) is 0. The molecule has 1 aromatic carbocycles. The molecule has 216 valence electrons. The Bertz CT molecular complexity index is 1560. The second kappa shape index (κ2) is 11.2. The van der Waals surface area contributed by atoms with Crippen LogP contribution in [-0.2, 0) is 16.1 Å². The van der Waals surface area contributed by atoms with Gasteiger partial charge in [0.1, 0.15) is 17.1 Å². The first-order valence-electron chi connectivity index (χ1n) is 13.1. The van der Waals surface area contributed by atoms with Crippen molar-refractivity contribution in [2.75, 3.05) is 18.0 Å². The highest BCUT2D eigenvalue weighted by Crippen LogP contribution is 2.28. The van der Waals surface area contributed by atoms with E-state index >= 15 is 0 Å². The predicted molar refractivity (Wildman–Crippen MR) is 142 cm³/mol. The molecule has 1 aliphatic rings. The third-order valence-electron chi connectivity index (χ3n) is 6.59. The number of nitrogens with zero attached hydrogens (tertiary/aromatic N) is 6. The highest BCUT2D eigenvalue weighted by atomic mass is 19.3.